The minimum absolute atomic E-state index is 0. The molecular weight excluding hydrogens is 78.0 g/mol. The van der Waals surface area contributed by atoms with Crippen molar-refractivity contribution in [2.45, 2.75) is 6.42 Å². The van der Waals surface area contributed by atoms with Crippen LogP contribution in [0.15, 0.2) is 0 Å². The fourth-order valence-electron chi connectivity index (χ4n) is 0.603. The van der Waals surface area contributed by atoms with E-state index < -0.39 is 0 Å². The van der Waals surface area contributed by atoms with Gasteiger partial charge in [0.15, 0.2) is 0 Å². The summed E-state index contributed by atoms with van der Waals surface area (Å²) in [5.41, 5.74) is 0. The number of nitrogens with zero attached hydrogens (tertiary/aromatic N) is 1. The van der Waals surface area contributed by atoms with E-state index in [1.807, 2.05) is 0 Å². The highest BCUT2D eigenvalue weighted by Gasteiger charge is 2.19. The molecule has 0 N–H and O–H groups in total. The second-order valence-corrected chi connectivity index (χ2v) is 2.10. The Hall–Kier alpha value is -0.0800. The van der Waals surface area contributed by atoms with Gasteiger partial charge in [0.05, 0.1) is 20.1 Å². The van der Waals surface area contributed by atoms with Gasteiger partial charge in [0.2, 0.25) is 0 Å². The lowest BCUT2D eigenvalue weighted by atomic mass is 10.2. The van der Waals surface area contributed by atoms with Gasteiger partial charge in [0, 0.05) is 6.42 Å². The third-order valence-electron chi connectivity index (χ3n) is 1.26. The van der Waals surface area contributed by atoms with E-state index in [1.54, 1.807) is 7.05 Å². The van der Waals surface area contributed by atoms with Gasteiger partial charge in [-0.2, -0.15) is 0 Å². The first-order valence-electron chi connectivity index (χ1n) is 2.26. The number of rotatable bonds is 0. The molecule has 0 radical (unpaired) electrons. The van der Waals surface area contributed by atoms with Crippen molar-refractivity contribution in [2.24, 2.45) is 0 Å². The summed E-state index contributed by atoms with van der Waals surface area (Å²) >= 11 is 0. The van der Waals surface area contributed by atoms with E-state index in [1.165, 1.54) is 0 Å². The standard InChI is InChI=1S/C4H9NO/c1-5(6)3-2-4-5/h2-4H2,1H3. The van der Waals surface area contributed by atoms with Gasteiger partial charge in [-0.25, -0.2) is 0 Å². The Balaban J connectivity index is 2.31. The normalized spacial score (nSPS) is 29.0. The Morgan fingerprint density at radius 2 is 1.83 bits per heavy atom. The van der Waals surface area contributed by atoms with E-state index in [9.17, 15) is 5.21 Å². The molecule has 0 aromatic carbocycles. The highest BCUT2D eigenvalue weighted by Crippen LogP contribution is 2.11. The van der Waals surface area contributed by atoms with Crippen LogP contribution in [0.3, 0.4) is 0 Å². The predicted molar refractivity (Wildman–Crippen MR) is 23.9 cm³/mol. The summed E-state index contributed by atoms with van der Waals surface area (Å²) in [6, 6.07) is 0. The average molecular weight is 87.1 g/mol. The highest BCUT2D eigenvalue weighted by atomic mass is 16.5. The zero-order chi connectivity index (χ0) is 4.62. The lowest BCUT2D eigenvalue weighted by molar-refractivity contribution is -0.899. The van der Waals surface area contributed by atoms with Crippen LogP contribution in [0.1, 0.15) is 6.42 Å². The van der Waals surface area contributed by atoms with Crippen LogP contribution in [-0.4, -0.2) is 24.8 Å². The van der Waals surface area contributed by atoms with Crippen molar-refractivity contribution in [3.05, 3.63) is 5.21 Å². The molecule has 36 valence electrons. The third-order valence-corrected chi connectivity index (χ3v) is 1.26. The molecule has 1 aliphatic heterocycles. The largest absolute Gasteiger partial charge is 0.633 e. The molecule has 0 bridgehead atoms. The first-order valence-corrected chi connectivity index (χ1v) is 2.26. The zero-order valence-electron chi connectivity index (χ0n) is 3.98. The molecule has 1 saturated heterocycles. The molecule has 2 heteroatoms. The molecule has 0 amide bonds. The van der Waals surface area contributed by atoms with Gasteiger partial charge < -0.3 is 9.85 Å². The fraction of sp³-hybridized carbons (Fsp3) is 1.00. The van der Waals surface area contributed by atoms with Crippen LogP contribution in [-0.2, 0) is 0 Å². The van der Waals surface area contributed by atoms with Gasteiger partial charge in [-0.1, -0.05) is 0 Å². The molecule has 1 fully saturated rings. The van der Waals surface area contributed by atoms with Crippen molar-refractivity contribution >= 4 is 0 Å². The maximum Gasteiger partial charge on any atom is 0.0836 e. The average Bonchev–Trinajstić information content (AvgIpc) is 1.32. The fourth-order valence-corrected chi connectivity index (χ4v) is 0.603. The number of hydrogen-bond donors (Lipinski definition) is 0. The Labute approximate surface area is 37.5 Å². The van der Waals surface area contributed by atoms with Crippen molar-refractivity contribution in [3.63, 3.8) is 0 Å². The van der Waals surface area contributed by atoms with Crippen molar-refractivity contribution in [1.82, 2.24) is 0 Å². The number of likely N-dealkylation sites (tertiary alicyclic amines) is 1. The van der Waals surface area contributed by atoms with E-state index >= 15 is 0 Å². The van der Waals surface area contributed by atoms with Crippen molar-refractivity contribution in [3.8, 4) is 0 Å². The molecule has 1 aliphatic rings. The molecule has 1 rings (SSSR count). The summed E-state index contributed by atoms with van der Waals surface area (Å²) in [4.78, 5) is 0. The highest BCUT2D eigenvalue weighted by molar-refractivity contribution is 4.49. The Morgan fingerprint density at radius 3 is 1.83 bits per heavy atom. The van der Waals surface area contributed by atoms with E-state index in [0.717, 1.165) is 19.5 Å². The second-order valence-electron chi connectivity index (χ2n) is 2.10. The van der Waals surface area contributed by atoms with Crippen LogP contribution in [0, 0.1) is 5.21 Å². The maximum atomic E-state index is 10.5. The summed E-state index contributed by atoms with van der Waals surface area (Å²) in [5.74, 6) is 0. The van der Waals surface area contributed by atoms with E-state index in [0.29, 0.717) is 0 Å². The Kier molecular flexibility index (Phi) is 0.648. The number of hydrogen-bond acceptors (Lipinski definition) is 1. The van der Waals surface area contributed by atoms with Crippen LogP contribution >= 0.6 is 0 Å². The molecule has 0 aromatic rings. The smallest absolute Gasteiger partial charge is 0.0836 e. The maximum absolute atomic E-state index is 10.5. The van der Waals surface area contributed by atoms with Crippen LogP contribution in [0.5, 0.6) is 0 Å². The number of quaternary nitrogens is 1. The lowest BCUT2D eigenvalue weighted by Crippen LogP contribution is -2.49. The van der Waals surface area contributed by atoms with Gasteiger partial charge in [-0.05, 0) is 0 Å². The van der Waals surface area contributed by atoms with E-state index in [4.69, 9.17) is 0 Å². The monoisotopic (exact) mass is 87.1 g/mol. The van der Waals surface area contributed by atoms with Crippen molar-refractivity contribution in [1.29, 1.82) is 0 Å². The minimum Gasteiger partial charge on any atom is -0.633 e. The molecule has 2 nitrogen and oxygen atoms in total. The summed E-state index contributed by atoms with van der Waals surface area (Å²) in [5, 5.41) is 10.5. The van der Waals surface area contributed by atoms with Gasteiger partial charge in [-0.15, -0.1) is 0 Å². The predicted octanol–water partition coefficient (Wildman–Crippen LogP) is 0.334. The summed E-state index contributed by atoms with van der Waals surface area (Å²) in [7, 11) is 1.71. The van der Waals surface area contributed by atoms with Gasteiger partial charge in [-0.3, -0.25) is 0 Å². The molecular formula is C4H9NO. The molecule has 0 atom stereocenters. The van der Waals surface area contributed by atoms with Crippen LogP contribution in [0.2, 0.25) is 0 Å². The molecule has 0 aromatic heterocycles. The quantitative estimate of drug-likeness (QED) is 0.308. The number of hydroxylamine groups is 3. The van der Waals surface area contributed by atoms with Crippen molar-refractivity contribution in [2.75, 3.05) is 20.1 Å². The third kappa shape index (κ3) is 0.533. The summed E-state index contributed by atoms with van der Waals surface area (Å²) < 4.78 is 0. The second kappa shape index (κ2) is 0.950. The Bertz CT molecular complexity index is 54.6. The van der Waals surface area contributed by atoms with Crippen molar-refractivity contribution < 1.29 is 4.65 Å². The molecule has 0 unspecified atom stereocenters. The molecule has 0 saturated carbocycles. The lowest BCUT2D eigenvalue weighted by Gasteiger charge is -2.46. The molecule has 1 heterocycles. The van der Waals surface area contributed by atoms with Crippen LogP contribution in [0.25, 0.3) is 0 Å². The first kappa shape index (κ1) is 4.09. The zero-order valence-corrected chi connectivity index (χ0v) is 3.98. The summed E-state index contributed by atoms with van der Waals surface area (Å²) in [6.45, 7) is 1.67. The first-order chi connectivity index (χ1) is 2.71. The summed E-state index contributed by atoms with van der Waals surface area (Å²) in [6.07, 6.45) is 1.12. The minimum atomic E-state index is 0. The molecule has 0 aliphatic carbocycles. The van der Waals surface area contributed by atoms with Crippen LogP contribution in [0.4, 0.5) is 0 Å². The molecule has 0 spiro atoms. The van der Waals surface area contributed by atoms with Gasteiger partial charge >= 0.3 is 0 Å². The van der Waals surface area contributed by atoms with E-state index in [2.05, 4.69) is 0 Å². The SMILES string of the molecule is C[N+]1([O-])CCC1. The Morgan fingerprint density at radius 1 is 1.50 bits per heavy atom. The van der Waals surface area contributed by atoms with Gasteiger partial charge in [0.1, 0.15) is 0 Å². The van der Waals surface area contributed by atoms with Crippen LogP contribution < -0.4 is 0 Å². The van der Waals surface area contributed by atoms with Gasteiger partial charge in [0.25, 0.3) is 0 Å². The van der Waals surface area contributed by atoms with E-state index in [-0.39, 0.29) is 4.65 Å². The molecule has 6 heavy (non-hydrogen) atoms. The topological polar surface area (TPSA) is 23.1 Å².